The summed E-state index contributed by atoms with van der Waals surface area (Å²) in [5, 5.41) is 14.0. The Morgan fingerprint density at radius 1 is 1.24 bits per heavy atom. The van der Waals surface area contributed by atoms with E-state index < -0.39 is 0 Å². The monoisotopic (exact) mass is 285 g/mol. The molecule has 0 aliphatic rings. The van der Waals surface area contributed by atoms with E-state index in [0.29, 0.717) is 12.1 Å². The maximum atomic E-state index is 10.8. The van der Waals surface area contributed by atoms with Crippen LogP contribution >= 0.6 is 0 Å². The van der Waals surface area contributed by atoms with Gasteiger partial charge in [-0.15, -0.1) is 0 Å². The lowest BCUT2D eigenvalue weighted by Crippen LogP contribution is -2.15. The molecule has 0 aliphatic carbocycles. The summed E-state index contributed by atoms with van der Waals surface area (Å²) in [4.78, 5) is 10.4. The Bertz CT molecular complexity index is 614. The fourth-order valence-electron chi connectivity index (χ4n) is 2.21. The number of rotatable bonds is 6. The third kappa shape index (κ3) is 4.03. The van der Waals surface area contributed by atoms with Gasteiger partial charge in [0.05, 0.1) is 4.92 Å². The summed E-state index contributed by atoms with van der Waals surface area (Å²) in [5.41, 5.74) is 8.90. The summed E-state index contributed by atoms with van der Waals surface area (Å²) in [6.07, 6.45) is 0.792. The molecule has 110 valence electrons. The van der Waals surface area contributed by atoms with Crippen LogP contribution in [-0.2, 0) is 0 Å². The molecule has 0 saturated carbocycles. The third-order valence-corrected chi connectivity index (χ3v) is 3.41. The van der Waals surface area contributed by atoms with E-state index in [4.69, 9.17) is 5.73 Å². The molecule has 2 aromatic carbocycles. The number of nitro benzene ring substituents is 1. The van der Waals surface area contributed by atoms with Crippen molar-refractivity contribution in [3.8, 4) is 0 Å². The maximum Gasteiger partial charge on any atom is 0.272 e. The van der Waals surface area contributed by atoms with Crippen LogP contribution in [0.5, 0.6) is 0 Å². The molecule has 0 aromatic heterocycles. The Kier molecular flexibility index (Phi) is 4.90. The summed E-state index contributed by atoms with van der Waals surface area (Å²) in [7, 11) is 0. The van der Waals surface area contributed by atoms with Crippen molar-refractivity contribution in [3.63, 3.8) is 0 Å². The summed E-state index contributed by atoms with van der Waals surface area (Å²) in [5.74, 6) is 0. The SMILES string of the molecule is Cc1cc(NCCC(N)c2ccccc2)ccc1[N+](=O)[O-]. The predicted molar refractivity (Wildman–Crippen MR) is 84.3 cm³/mol. The molecule has 0 bridgehead atoms. The first-order chi connectivity index (χ1) is 10.1. The number of aryl methyl sites for hydroxylation is 1. The minimum Gasteiger partial charge on any atom is -0.385 e. The van der Waals surface area contributed by atoms with Crippen molar-refractivity contribution in [2.24, 2.45) is 5.73 Å². The molecule has 1 unspecified atom stereocenters. The number of anilines is 1. The molecule has 5 nitrogen and oxygen atoms in total. The van der Waals surface area contributed by atoms with Gasteiger partial charge in [0.1, 0.15) is 0 Å². The number of nitro groups is 1. The van der Waals surface area contributed by atoms with Crippen molar-refractivity contribution in [2.45, 2.75) is 19.4 Å². The van der Waals surface area contributed by atoms with E-state index in [9.17, 15) is 10.1 Å². The van der Waals surface area contributed by atoms with Crippen LogP contribution in [0.2, 0.25) is 0 Å². The second kappa shape index (κ2) is 6.85. The van der Waals surface area contributed by atoms with E-state index in [1.165, 1.54) is 6.07 Å². The highest BCUT2D eigenvalue weighted by atomic mass is 16.6. The van der Waals surface area contributed by atoms with Crippen LogP contribution in [-0.4, -0.2) is 11.5 Å². The normalized spacial score (nSPS) is 11.9. The van der Waals surface area contributed by atoms with E-state index >= 15 is 0 Å². The molecule has 0 aliphatic heterocycles. The summed E-state index contributed by atoms with van der Waals surface area (Å²) < 4.78 is 0. The Balaban J connectivity index is 1.89. The molecule has 0 saturated heterocycles. The Hall–Kier alpha value is -2.40. The van der Waals surface area contributed by atoms with Gasteiger partial charge in [-0.2, -0.15) is 0 Å². The minimum atomic E-state index is -0.371. The van der Waals surface area contributed by atoms with Gasteiger partial charge in [0, 0.05) is 29.9 Å². The van der Waals surface area contributed by atoms with Gasteiger partial charge >= 0.3 is 0 Å². The zero-order chi connectivity index (χ0) is 15.2. The van der Waals surface area contributed by atoms with Crippen LogP contribution in [0.3, 0.4) is 0 Å². The number of nitrogens with one attached hydrogen (secondary N) is 1. The van der Waals surface area contributed by atoms with Crippen molar-refractivity contribution in [2.75, 3.05) is 11.9 Å². The molecule has 21 heavy (non-hydrogen) atoms. The largest absolute Gasteiger partial charge is 0.385 e. The highest BCUT2D eigenvalue weighted by Crippen LogP contribution is 2.22. The lowest BCUT2D eigenvalue weighted by molar-refractivity contribution is -0.385. The van der Waals surface area contributed by atoms with Crippen molar-refractivity contribution in [3.05, 3.63) is 69.8 Å². The second-order valence-electron chi connectivity index (χ2n) is 4.99. The Morgan fingerprint density at radius 2 is 1.95 bits per heavy atom. The predicted octanol–water partition coefficient (Wildman–Crippen LogP) is 3.41. The average Bonchev–Trinajstić information content (AvgIpc) is 2.47. The van der Waals surface area contributed by atoms with Crippen molar-refractivity contribution < 1.29 is 4.92 Å². The molecule has 2 aromatic rings. The van der Waals surface area contributed by atoms with E-state index in [1.54, 1.807) is 19.1 Å². The Labute approximate surface area is 123 Å². The van der Waals surface area contributed by atoms with Gasteiger partial charge in [-0.05, 0) is 31.0 Å². The molecule has 3 N–H and O–H groups in total. The first-order valence-electron chi connectivity index (χ1n) is 6.87. The summed E-state index contributed by atoms with van der Waals surface area (Å²) >= 11 is 0. The van der Waals surface area contributed by atoms with E-state index in [2.05, 4.69) is 5.32 Å². The molecule has 0 heterocycles. The topological polar surface area (TPSA) is 81.2 Å². The third-order valence-electron chi connectivity index (χ3n) is 3.41. The van der Waals surface area contributed by atoms with Crippen molar-refractivity contribution in [1.82, 2.24) is 0 Å². The molecule has 5 heteroatoms. The molecule has 1 atom stereocenters. The lowest BCUT2D eigenvalue weighted by Gasteiger charge is -2.13. The van der Waals surface area contributed by atoms with E-state index in [0.717, 1.165) is 17.7 Å². The average molecular weight is 285 g/mol. The van der Waals surface area contributed by atoms with Crippen LogP contribution in [0.4, 0.5) is 11.4 Å². The number of nitrogens with two attached hydrogens (primary N) is 1. The first-order valence-corrected chi connectivity index (χ1v) is 6.87. The first kappa shape index (κ1) is 15.0. The fourth-order valence-corrected chi connectivity index (χ4v) is 2.21. The highest BCUT2D eigenvalue weighted by Gasteiger charge is 2.10. The van der Waals surface area contributed by atoms with Crippen molar-refractivity contribution >= 4 is 11.4 Å². The number of hydrogen-bond acceptors (Lipinski definition) is 4. The van der Waals surface area contributed by atoms with Crippen LogP contribution in [0.15, 0.2) is 48.5 Å². The zero-order valence-corrected chi connectivity index (χ0v) is 12.0. The quantitative estimate of drug-likeness (QED) is 0.629. The number of nitrogens with zero attached hydrogens (tertiary/aromatic N) is 1. The molecule has 0 spiro atoms. The molecule has 2 rings (SSSR count). The smallest absolute Gasteiger partial charge is 0.272 e. The van der Waals surface area contributed by atoms with Crippen LogP contribution in [0.25, 0.3) is 0 Å². The minimum absolute atomic E-state index is 0.0159. The Morgan fingerprint density at radius 3 is 2.57 bits per heavy atom. The van der Waals surface area contributed by atoms with Crippen LogP contribution in [0.1, 0.15) is 23.6 Å². The lowest BCUT2D eigenvalue weighted by atomic mass is 10.0. The number of hydrogen-bond donors (Lipinski definition) is 2. The number of benzene rings is 2. The van der Waals surface area contributed by atoms with Gasteiger partial charge < -0.3 is 11.1 Å². The van der Waals surface area contributed by atoms with E-state index in [1.807, 2.05) is 30.3 Å². The van der Waals surface area contributed by atoms with E-state index in [-0.39, 0.29) is 16.7 Å². The molecule has 0 fully saturated rings. The van der Waals surface area contributed by atoms with Crippen molar-refractivity contribution in [1.29, 1.82) is 0 Å². The van der Waals surface area contributed by atoms with Gasteiger partial charge in [0.2, 0.25) is 0 Å². The molecular formula is C16H19N3O2. The summed E-state index contributed by atoms with van der Waals surface area (Å²) in [6, 6.07) is 15.0. The van der Waals surface area contributed by atoms with Gasteiger partial charge in [0.15, 0.2) is 0 Å². The van der Waals surface area contributed by atoms with Gasteiger partial charge in [-0.1, -0.05) is 30.3 Å². The maximum absolute atomic E-state index is 10.8. The fraction of sp³-hybridized carbons (Fsp3) is 0.250. The van der Waals surface area contributed by atoms with Crippen LogP contribution in [0, 0.1) is 17.0 Å². The molecule has 0 radical (unpaired) electrons. The van der Waals surface area contributed by atoms with Gasteiger partial charge in [-0.25, -0.2) is 0 Å². The van der Waals surface area contributed by atoms with Gasteiger partial charge in [-0.3, -0.25) is 10.1 Å². The highest BCUT2D eigenvalue weighted by molar-refractivity contribution is 5.53. The standard InChI is InChI=1S/C16H19N3O2/c1-12-11-14(7-8-16(12)19(20)21)18-10-9-15(17)13-5-3-2-4-6-13/h2-8,11,15,18H,9-10,17H2,1H3. The van der Waals surface area contributed by atoms with Gasteiger partial charge in [0.25, 0.3) is 5.69 Å². The van der Waals surface area contributed by atoms with Crippen LogP contribution < -0.4 is 11.1 Å². The second-order valence-corrected chi connectivity index (χ2v) is 4.99. The zero-order valence-electron chi connectivity index (χ0n) is 12.0. The molecule has 0 amide bonds. The summed E-state index contributed by atoms with van der Waals surface area (Å²) in [6.45, 7) is 2.45. The molecular weight excluding hydrogens is 266 g/mol.